The number of amides is 1. The molecule has 0 unspecified atom stereocenters. The quantitative estimate of drug-likeness (QED) is 0.839. The first-order valence-corrected chi connectivity index (χ1v) is 6.26. The van der Waals surface area contributed by atoms with Crippen molar-refractivity contribution in [3.63, 3.8) is 0 Å². The lowest BCUT2D eigenvalue weighted by Gasteiger charge is -2.06. The number of benzene rings is 1. The third-order valence-electron chi connectivity index (χ3n) is 2.80. The van der Waals surface area contributed by atoms with Crippen molar-refractivity contribution < 1.29 is 9.18 Å². The number of aromatic nitrogens is 2. The number of nitrogens with one attached hydrogen (secondary N) is 1. The fraction of sp³-hybridized carbons (Fsp3) is 0.231. The number of rotatable bonds is 4. The van der Waals surface area contributed by atoms with Crippen molar-refractivity contribution in [3.05, 3.63) is 47.5 Å². The predicted octanol–water partition coefficient (Wildman–Crippen LogP) is 1.82. The van der Waals surface area contributed by atoms with E-state index in [-0.39, 0.29) is 10.8 Å². The van der Waals surface area contributed by atoms with Gasteiger partial charge in [-0.2, -0.15) is 5.10 Å². The first-order chi connectivity index (χ1) is 9.08. The van der Waals surface area contributed by atoms with Gasteiger partial charge < -0.3 is 5.32 Å². The van der Waals surface area contributed by atoms with E-state index in [9.17, 15) is 9.18 Å². The van der Waals surface area contributed by atoms with Gasteiger partial charge in [-0.3, -0.25) is 9.48 Å². The first-order valence-electron chi connectivity index (χ1n) is 5.81. The van der Waals surface area contributed by atoms with Crippen LogP contribution in [0.3, 0.4) is 0 Å². The third-order valence-corrected chi connectivity index (χ3v) is 3.14. The molecule has 0 spiro atoms. The summed E-state index contributed by atoms with van der Waals surface area (Å²) < 4.78 is 14.8. The van der Waals surface area contributed by atoms with Crippen LogP contribution in [0.25, 0.3) is 0 Å². The lowest BCUT2D eigenvalue weighted by atomic mass is 10.2. The number of aryl methyl sites for hydroxylation is 1. The Morgan fingerprint density at radius 3 is 2.89 bits per heavy atom. The monoisotopic (exact) mass is 279 g/mol. The molecule has 0 aliphatic heterocycles. The van der Waals surface area contributed by atoms with Gasteiger partial charge in [0.2, 0.25) is 0 Å². The van der Waals surface area contributed by atoms with Crippen molar-refractivity contribution in [1.29, 1.82) is 0 Å². The average molecular weight is 279 g/mol. The minimum absolute atomic E-state index is 0.166. The summed E-state index contributed by atoms with van der Waals surface area (Å²) in [7, 11) is 1.85. The molecule has 1 aromatic carbocycles. The Hall–Kier alpha value is -1.82. The van der Waals surface area contributed by atoms with Crippen LogP contribution in [0.5, 0.6) is 0 Å². The Morgan fingerprint density at radius 1 is 1.47 bits per heavy atom. The van der Waals surface area contributed by atoms with Gasteiger partial charge in [0.25, 0.3) is 5.91 Å². The Morgan fingerprint density at radius 2 is 2.26 bits per heavy atom. The van der Waals surface area contributed by atoms with Gasteiger partial charge in [0.05, 0.1) is 0 Å². The van der Waals surface area contributed by atoms with Gasteiger partial charge in [-0.05, 0) is 24.3 Å². The Bertz CT molecular complexity index is 597. The summed E-state index contributed by atoms with van der Waals surface area (Å²) in [6, 6.07) is 5.99. The van der Waals surface area contributed by atoms with Crippen LogP contribution >= 0.6 is 12.6 Å². The molecule has 0 aliphatic carbocycles. The second-order valence-corrected chi connectivity index (χ2v) is 4.60. The molecule has 1 amide bonds. The topological polar surface area (TPSA) is 46.9 Å². The highest BCUT2D eigenvalue weighted by Gasteiger charge is 2.08. The van der Waals surface area contributed by atoms with Crippen molar-refractivity contribution in [2.24, 2.45) is 7.05 Å². The highest BCUT2D eigenvalue weighted by Crippen LogP contribution is 2.14. The molecule has 2 rings (SSSR count). The smallest absolute Gasteiger partial charge is 0.251 e. The molecule has 0 saturated carbocycles. The van der Waals surface area contributed by atoms with Crippen molar-refractivity contribution >= 4 is 18.5 Å². The van der Waals surface area contributed by atoms with E-state index in [0.717, 1.165) is 5.69 Å². The molecule has 0 aliphatic rings. The molecule has 0 atom stereocenters. The fourth-order valence-corrected chi connectivity index (χ4v) is 1.92. The minimum atomic E-state index is -0.435. The number of carbonyl (C=O) groups excluding carboxylic acids is 1. The number of nitrogens with zero attached hydrogens (tertiary/aromatic N) is 2. The minimum Gasteiger partial charge on any atom is -0.352 e. The summed E-state index contributed by atoms with van der Waals surface area (Å²) in [6.07, 6.45) is 2.40. The number of thiol groups is 1. The zero-order valence-corrected chi connectivity index (χ0v) is 11.3. The van der Waals surface area contributed by atoms with Crippen LogP contribution in [0.4, 0.5) is 4.39 Å². The number of hydrogen-bond donors (Lipinski definition) is 2. The van der Waals surface area contributed by atoms with Crippen LogP contribution in [-0.2, 0) is 13.5 Å². The van der Waals surface area contributed by atoms with Crippen molar-refractivity contribution in [2.45, 2.75) is 11.3 Å². The van der Waals surface area contributed by atoms with Crippen molar-refractivity contribution in [1.82, 2.24) is 15.1 Å². The third kappa shape index (κ3) is 3.35. The van der Waals surface area contributed by atoms with E-state index in [2.05, 4.69) is 23.0 Å². The average Bonchev–Trinajstić information content (AvgIpc) is 2.78. The molecule has 19 heavy (non-hydrogen) atoms. The Kier molecular flexibility index (Phi) is 4.21. The van der Waals surface area contributed by atoms with E-state index in [0.29, 0.717) is 18.5 Å². The summed E-state index contributed by atoms with van der Waals surface area (Å²) >= 11 is 3.95. The highest BCUT2D eigenvalue weighted by molar-refractivity contribution is 7.80. The number of halogens is 1. The molecule has 0 bridgehead atoms. The van der Waals surface area contributed by atoms with Gasteiger partial charge >= 0.3 is 0 Å². The SMILES string of the molecule is Cn1nccc1CCNC(=O)c1ccc(F)c(S)c1. The molecule has 2 aromatic rings. The van der Waals surface area contributed by atoms with E-state index in [4.69, 9.17) is 0 Å². The van der Waals surface area contributed by atoms with Crippen molar-refractivity contribution in [3.8, 4) is 0 Å². The van der Waals surface area contributed by atoms with Crippen LogP contribution in [-0.4, -0.2) is 22.2 Å². The maximum Gasteiger partial charge on any atom is 0.251 e. The summed E-state index contributed by atoms with van der Waals surface area (Å²) in [6.45, 7) is 0.498. The second kappa shape index (κ2) is 5.88. The summed E-state index contributed by atoms with van der Waals surface area (Å²) in [4.78, 5) is 12.0. The molecule has 4 nitrogen and oxygen atoms in total. The lowest BCUT2D eigenvalue weighted by Crippen LogP contribution is -2.26. The normalized spacial score (nSPS) is 10.5. The van der Waals surface area contributed by atoms with Gasteiger partial charge in [-0.1, -0.05) is 0 Å². The van der Waals surface area contributed by atoms with Crippen LogP contribution in [0.1, 0.15) is 16.1 Å². The molecule has 0 fully saturated rings. The van der Waals surface area contributed by atoms with Crippen LogP contribution in [0.15, 0.2) is 35.4 Å². The number of hydrogen-bond acceptors (Lipinski definition) is 3. The van der Waals surface area contributed by atoms with E-state index >= 15 is 0 Å². The van der Waals surface area contributed by atoms with Gasteiger partial charge in [-0.25, -0.2) is 4.39 Å². The summed E-state index contributed by atoms with van der Waals surface area (Å²) in [5.41, 5.74) is 1.44. The van der Waals surface area contributed by atoms with Gasteiger partial charge in [0.1, 0.15) is 5.82 Å². The maximum atomic E-state index is 13.0. The molecule has 100 valence electrons. The molecular formula is C13H14FN3OS. The largest absolute Gasteiger partial charge is 0.352 e. The summed E-state index contributed by atoms with van der Waals surface area (Å²) in [5.74, 6) is -0.674. The lowest BCUT2D eigenvalue weighted by molar-refractivity contribution is 0.0953. The van der Waals surface area contributed by atoms with Crippen LogP contribution in [0.2, 0.25) is 0 Å². The number of carbonyl (C=O) groups is 1. The molecular weight excluding hydrogens is 265 g/mol. The predicted molar refractivity (Wildman–Crippen MR) is 72.9 cm³/mol. The standard InChI is InChI=1S/C13H14FN3OS/c1-17-10(5-7-16-17)4-6-15-13(18)9-2-3-11(14)12(19)8-9/h2-3,5,7-8,19H,4,6H2,1H3,(H,15,18). The Labute approximate surface area is 116 Å². The molecule has 0 radical (unpaired) electrons. The van der Waals surface area contributed by atoms with E-state index in [1.807, 2.05) is 13.1 Å². The van der Waals surface area contributed by atoms with Gasteiger partial charge in [-0.15, -0.1) is 12.6 Å². The van der Waals surface area contributed by atoms with Crippen LogP contribution in [0, 0.1) is 5.82 Å². The van der Waals surface area contributed by atoms with E-state index < -0.39 is 5.82 Å². The van der Waals surface area contributed by atoms with Crippen molar-refractivity contribution in [2.75, 3.05) is 6.54 Å². The first kappa shape index (κ1) is 13.6. The molecule has 1 N–H and O–H groups in total. The van der Waals surface area contributed by atoms with Gasteiger partial charge in [0, 0.05) is 42.4 Å². The zero-order valence-electron chi connectivity index (χ0n) is 10.4. The zero-order chi connectivity index (χ0) is 13.8. The molecule has 1 aromatic heterocycles. The Balaban J connectivity index is 1.91. The summed E-state index contributed by atoms with van der Waals surface area (Å²) in [5, 5.41) is 6.82. The fourth-order valence-electron chi connectivity index (χ4n) is 1.71. The maximum absolute atomic E-state index is 13.0. The second-order valence-electron chi connectivity index (χ2n) is 4.12. The molecule has 0 saturated heterocycles. The highest BCUT2D eigenvalue weighted by atomic mass is 32.1. The molecule has 1 heterocycles. The van der Waals surface area contributed by atoms with E-state index in [1.54, 1.807) is 10.9 Å². The molecule has 6 heteroatoms. The van der Waals surface area contributed by atoms with Crippen LogP contribution < -0.4 is 5.32 Å². The van der Waals surface area contributed by atoms with Gasteiger partial charge in [0.15, 0.2) is 0 Å². The van der Waals surface area contributed by atoms with E-state index in [1.165, 1.54) is 18.2 Å².